The van der Waals surface area contributed by atoms with Crippen LogP contribution < -0.4 is 5.73 Å². The molecule has 2 aliphatic rings. The fourth-order valence-corrected chi connectivity index (χ4v) is 2.11. The Hall–Kier alpha value is -0.570. The molecule has 0 spiro atoms. The van der Waals surface area contributed by atoms with Crippen molar-refractivity contribution in [1.82, 2.24) is 0 Å². The summed E-state index contributed by atoms with van der Waals surface area (Å²) in [7, 11) is 0. The second-order valence-electron chi connectivity index (χ2n) is 5.48. The molecule has 0 aromatic rings. The molecule has 3 atom stereocenters. The van der Waals surface area contributed by atoms with Gasteiger partial charge in [-0.05, 0) is 12.8 Å². The molecule has 3 heteroatoms. The minimum Gasteiger partial charge on any atom is -0.475 e. The topological polar surface area (TPSA) is 47.6 Å². The van der Waals surface area contributed by atoms with E-state index in [4.69, 9.17) is 10.5 Å². The van der Waals surface area contributed by atoms with Crippen molar-refractivity contribution in [1.29, 1.82) is 0 Å². The molecule has 2 N–H and O–H groups in total. The fraction of sp³-hybridized carbons (Fsp3) is 0.909. The van der Waals surface area contributed by atoms with Crippen molar-refractivity contribution in [3.63, 3.8) is 0 Å². The zero-order chi connectivity index (χ0) is 10.3. The molecule has 1 aliphatic carbocycles. The summed E-state index contributed by atoms with van der Waals surface area (Å²) in [6.07, 6.45) is 3.40. The molecule has 3 unspecified atom stereocenters. The lowest BCUT2D eigenvalue weighted by molar-refractivity contribution is 0.130. The predicted octanol–water partition coefficient (Wildman–Crippen LogP) is 1.71. The van der Waals surface area contributed by atoms with Gasteiger partial charge < -0.3 is 10.5 Å². The first-order chi connectivity index (χ1) is 6.47. The highest BCUT2D eigenvalue weighted by molar-refractivity contribution is 5.83. The quantitative estimate of drug-likeness (QED) is 0.641. The number of fused-ring (bicyclic) bond motifs is 1. The molecule has 1 saturated carbocycles. The van der Waals surface area contributed by atoms with Gasteiger partial charge in [-0.3, -0.25) is 0 Å². The lowest BCUT2D eigenvalue weighted by Gasteiger charge is -2.27. The van der Waals surface area contributed by atoms with Crippen LogP contribution in [0.4, 0.5) is 0 Å². The van der Waals surface area contributed by atoms with Crippen LogP contribution >= 0.6 is 0 Å². The molecule has 0 bridgehead atoms. The van der Waals surface area contributed by atoms with Crippen LogP contribution in [-0.4, -0.2) is 24.1 Å². The zero-order valence-corrected chi connectivity index (χ0v) is 9.29. The molecular formula is C11H20N2O. The number of ether oxygens (including phenoxy) is 1. The number of hydrogen-bond donors (Lipinski definition) is 1. The summed E-state index contributed by atoms with van der Waals surface area (Å²) >= 11 is 0. The molecule has 2 rings (SSSR count). The Morgan fingerprint density at radius 3 is 2.71 bits per heavy atom. The summed E-state index contributed by atoms with van der Waals surface area (Å²) in [6, 6.07) is 0.690. The molecule has 3 nitrogen and oxygen atoms in total. The average molecular weight is 196 g/mol. The molecule has 0 radical (unpaired) electrons. The third-order valence-corrected chi connectivity index (χ3v) is 2.99. The summed E-state index contributed by atoms with van der Waals surface area (Å²) in [5, 5.41) is 0. The van der Waals surface area contributed by atoms with Crippen LogP contribution in [0.25, 0.3) is 0 Å². The van der Waals surface area contributed by atoms with Crippen molar-refractivity contribution >= 4 is 5.90 Å². The Kier molecular flexibility index (Phi) is 2.30. The molecule has 1 aliphatic heterocycles. The first-order valence-electron chi connectivity index (χ1n) is 5.47. The average Bonchev–Trinajstić information content (AvgIpc) is 2.45. The van der Waals surface area contributed by atoms with Crippen LogP contribution in [0.5, 0.6) is 0 Å². The van der Waals surface area contributed by atoms with E-state index in [9.17, 15) is 0 Å². The lowest BCUT2D eigenvalue weighted by atomic mass is 9.90. The maximum atomic E-state index is 5.91. The Bertz CT molecular complexity index is 255. The maximum absolute atomic E-state index is 5.91. The van der Waals surface area contributed by atoms with Gasteiger partial charge in [-0.15, -0.1) is 0 Å². The smallest absolute Gasteiger partial charge is 0.189 e. The van der Waals surface area contributed by atoms with Crippen molar-refractivity contribution in [2.24, 2.45) is 16.1 Å². The van der Waals surface area contributed by atoms with E-state index >= 15 is 0 Å². The SMILES string of the molecule is CC(C)(C)C1=NC2CCC(N)CC2O1. The molecule has 80 valence electrons. The minimum atomic E-state index is 0.0431. The Labute approximate surface area is 85.7 Å². The minimum absolute atomic E-state index is 0.0431. The predicted molar refractivity (Wildman–Crippen MR) is 57.4 cm³/mol. The van der Waals surface area contributed by atoms with Gasteiger partial charge >= 0.3 is 0 Å². The summed E-state index contributed by atoms with van der Waals surface area (Å²) in [4.78, 5) is 4.65. The van der Waals surface area contributed by atoms with Crippen LogP contribution in [-0.2, 0) is 4.74 Å². The van der Waals surface area contributed by atoms with Crippen molar-refractivity contribution in [3.8, 4) is 0 Å². The van der Waals surface area contributed by atoms with Crippen LogP contribution in [0.1, 0.15) is 40.0 Å². The van der Waals surface area contributed by atoms with Gasteiger partial charge in [-0.2, -0.15) is 0 Å². The molecule has 0 amide bonds. The van der Waals surface area contributed by atoms with Gasteiger partial charge in [0.2, 0.25) is 0 Å². The highest BCUT2D eigenvalue weighted by atomic mass is 16.5. The number of nitrogens with zero attached hydrogens (tertiary/aromatic N) is 1. The molecule has 0 saturated heterocycles. The maximum Gasteiger partial charge on any atom is 0.189 e. The van der Waals surface area contributed by atoms with Crippen LogP contribution in [0.3, 0.4) is 0 Å². The van der Waals surface area contributed by atoms with Gasteiger partial charge in [-0.25, -0.2) is 4.99 Å². The van der Waals surface area contributed by atoms with Gasteiger partial charge in [0.1, 0.15) is 6.10 Å². The Balaban J connectivity index is 2.07. The van der Waals surface area contributed by atoms with E-state index in [1.165, 1.54) is 0 Å². The summed E-state index contributed by atoms with van der Waals surface area (Å²) in [5.74, 6) is 0.918. The third-order valence-electron chi connectivity index (χ3n) is 2.99. The van der Waals surface area contributed by atoms with Crippen LogP contribution in [0, 0.1) is 5.41 Å². The Morgan fingerprint density at radius 1 is 1.36 bits per heavy atom. The first kappa shape index (κ1) is 9.97. The highest BCUT2D eigenvalue weighted by Gasteiger charge is 2.39. The second kappa shape index (κ2) is 3.23. The van der Waals surface area contributed by atoms with Crippen molar-refractivity contribution in [3.05, 3.63) is 0 Å². The largest absolute Gasteiger partial charge is 0.475 e. The molecule has 14 heavy (non-hydrogen) atoms. The zero-order valence-electron chi connectivity index (χ0n) is 9.29. The monoisotopic (exact) mass is 196 g/mol. The molecule has 1 fully saturated rings. The van der Waals surface area contributed by atoms with E-state index in [0.29, 0.717) is 12.1 Å². The standard InChI is InChI=1S/C11H20N2O/c1-11(2,3)10-13-8-5-4-7(12)6-9(8)14-10/h7-9H,4-6,12H2,1-3H3. The van der Waals surface area contributed by atoms with Crippen molar-refractivity contribution in [2.45, 2.75) is 58.2 Å². The number of nitrogens with two attached hydrogens (primary N) is 1. The summed E-state index contributed by atoms with van der Waals surface area (Å²) in [6.45, 7) is 6.43. The lowest BCUT2D eigenvalue weighted by Crippen LogP contribution is -2.38. The van der Waals surface area contributed by atoms with Gasteiger partial charge in [0.05, 0.1) is 6.04 Å². The Morgan fingerprint density at radius 2 is 2.07 bits per heavy atom. The van der Waals surface area contributed by atoms with Gasteiger partial charge in [-0.1, -0.05) is 20.8 Å². The first-order valence-corrected chi connectivity index (χ1v) is 5.47. The number of hydrogen-bond acceptors (Lipinski definition) is 3. The van der Waals surface area contributed by atoms with Gasteiger partial charge in [0.25, 0.3) is 0 Å². The van der Waals surface area contributed by atoms with Gasteiger partial charge in [0, 0.05) is 17.9 Å². The van der Waals surface area contributed by atoms with Crippen LogP contribution in [0.15, 0.2) is 4.99 Å². The van der Waals surface area contributed by atoms with E-state index in [-0.39, 0.29) is 11.5 Å². The van der Waals surface area contributed by atoms with E-state index in [1.807, 2.05) is 0 Å². The van der Waals surface area contributed by atoms with E-state index in [2.05, 4.69) is 25.8 Å². The summed E-state index contributed by atoms with van der Waals surface area (Å²) < 4.78 is 5.87. The molecule has 0 aromatic carbocycles. The fourth-order valence-electron chi connectivity index (χ4n) is 2.11. The molecular weight excluding hydrogens is 176 g/mol. The molecule has 0 aromatic heterocycles. The number of aliphatic imine (C=N–C) groups is 1. The van der Waals surface area contributed by atoms with E-state index in [1.54, 1.807) is 0 Å². The highest BCUT2D eigenvalue weighted by Crippen LogP contribution is 2.32. The van der Waals surface area contributed by atoms with Gasteiger partial charge in [0.15, 0.2) is 5.90 Å². The third kappa shape index (κ3) is 1.78. The van der Waals surface area contributed by atoms with E-state index < -0.39 is 0 Å². The van der Waals surface area contributed by atoms with E-state index in [0.717, 1.165) is 25.2 Å². The normalized spacial score (nSPS) is 37.4. The van der Waals surface area contributed by atoms with Crippen molar-refractivity contribution < 1.29 is 4.74 Å². The summed E-state index contributed by atoms with van der Waals surface area (Å²) in [5.41, 5.74) is 5.96. The van der Waals surface area contributed by atoms with Crippen LogP contribution in [0.2, 0.25) is 0 Å². The second-order valence-corrected chi connectivity index (χ2v) is 5.48. The molecule has 1 heterocycles. The number of rotatable bonds is 0. The van der Waals surface area contributed by atoms with Crippen molar-refractivity contribution in [2.75, 3.05) is 0 Å².